The molecule has 0 spiro atoms. The van der Waals surface area contributed by atoms with E-state index in [4.69, 9.17) is 9.53 Å². The quantitative estimate of drug-likeness (QED) is 0.327. The minimum absolute atomic E-state index is 0.225. The lowest BCUT2D eigenvalue weighted by atomic mass is 10.1. The van der Waals surface area contributed by atoms with Crippen LogP contribution < -0.4 is 21.3 Å². The van der Waals surface area contributed by atoms with Crippen molar-refractivity contribution < 1.29 is 22.7 Å². The van der Waals surface area contributed by atoms with Gasteiger partial charge in [-0.15, -0.1) is 0 Å². The molecule has 1 amide bonds. The van der Waals surface area contributed by atoms with Gasteiger partial charge in [-0.2, -0.15) is 13.2 Å². The van der Waals surface area contributed by atoms with Crippen LogP contribution in [0.4, 0.5) is 18.9 Å². The van der Waals surface area contributed by atoms with Gasteiger partial charge in [0.2, 0.25) is 6.41 Å². The minimum Gasteiger partial charge on any atom is -0.496 e. The third kappa shape index (κ3) is 6.10. The number of methoxy groups -OCH3 is 1. The molecule has 0 aliphatic heterocycles. The highest BCUT2D eigenvalue weighted by Crippen LogP contribution is 2.30. The topological polar surface area (TPSA) is 89.3 Å². The molecule has 9 heteroatoms. The Hall–Kier alpha value is -3.07. The number of benzene rings is 1. The van der Waals surface area contributed by atoms with Gasteiger partial charge in [-0.3, -0.25) is 15.2 Å². The molecule has 2 aromatic rings. The molecule has 26 heavy (non-hydrogen) atoms. The van der Waals surface area contributed by atoms with E-state index in [0.29, 0.717) is 12.2 Å². The molecule has 0 bridgehead atoms. The molecular weight excluding hydrogens is 349 g/mol. The maximum Gasteiger partial charge on any atom is 0.416 e. The number of ether oxygens (including phenoxy) is 1. The molecule has 0 atom stereocenters. The van der Waals surface area contributed by atoms with Crippen LogP contribution in [0.3, 0.4) is 0 Å². The monoisotopic (exact) mass is 368 g/mol. The Balaban J connectivity index is 0.000000765. The summed E-state index contributed by atoms with van der Waals surface area (Å²) in [7, 11) is 3.29. The summed E-state index contributed by atoms with van der Waals surface area (Å²) >= 11 is 0. The van der Waals surface area contributed by atoms with Gasteiger partial charge in [-0.05, 0) is 36.4 Å². The highest BCUT2D eigenvalue weighted by Gasteiger charge is 2.30. The van der Waals surface area contributed by atoms with Crippen LogP contribution in [-0.2, 0) is 11.0 Å². The normalized spacial score (nSPS) is 10.7. The molecule has 2 rings (SSSR count). The minimum atomic E-state index is -4.38. The highest BCUT2D eigenvalue weighted by molar-refractivity contribution is 5.79. The average molecular weight is 368 g/mol. The number of halogens is 3. The third-order valence-electron chi connectivity index (χ3n) is 3.15. The fraction of sp³-hybridized carbons (Fsp3) is 0.176. The Bertz CT molecular complexity index is 727. The van der Waals surface area contributed by atoms with E-state index in [9.17, 15) is 13.2 Å². The Labute approximate surface area is 148 Å². The fourth-order valence-corrected chi connectivity index (χ4v) is 2.00. The molecule has 0 fully saturated rings. The Kier molecular flexibility index (Phi) is 8.10. The number of aromatic nitrogens is 1. The van der Waals surface area contributed by atoms with Crippen LogP contribution in [0.25, 0.3) is 12.2 Å². The van der Waals surface area contributed by atoms with E-state index in [1.807, 2.05) is 12.1 Å². The number of carbonyl (C=O) groups excluding carboxylic acids is 1. The Morgan fingerprint density at radius 1 is 1.23 bits per heavy atom. The van der Waals surface area contributed by atoms with Crippen molar-refractivity contribution >= 4 is 24.2 Å². The molecule has 1 heterocycles. The van der Waals surface area contributed by atoms with Gasteiger partial charge in [-0.1, -0.05) is 6.07 Å². The number of nitrogens with two attached hydrogens (primary N) is 1. The van der Waals surface area contributed by atoms with Crippen molar-refractivity contribution in [1.29, 1.82) is 0 Å². The Morgan fingerprint density at radius 2 is 1.92 bits per heavy atom. The number of nitrogens with one attached hydrogen (secondary N) is 2. The van der Waals surface area contributed by atoms with E-state index in [2.05, 4.69) is 16.1 Å². The third-order valence-corrected chi connectivity index (χ3v) is 3.15. The summed E-state index contributed by atoms with van der Waals surface area (Å²) in [6, 6.07) is 7.40. The fourth-order valence-electron chi connectivity index (χ4n) is 2.00. The van der Waals surface area contributed by atoms with E-state index < -0.39 is 11.7 Å². The number of amides is 1. The molecule has 0 unspecified atom stereocenters. The van der Waals surface area contributed by atoms with Crippen molar-refractivity contribution in [2.75, 3.05) is 19.5 Å². The van der Waals surface area contributed by atoms with Gasteiger partial charge in [-0.25, -0.2) is 5.84 Å². The van der Waals surface area contributed by atoms with Crippen molar-refractivity contribution in [3.8, 4) is 5.75 Å². The maximum absolute atomic E-state index is 12.7. The largest absolute Gasteiger partial charge is 0.496 e. The number of hydrogen-bond donors (Lipinski definition) is 3. The summed E-state index contributed by atoms with van der Waals surface area (Å²) in [4.78, 5) is 12.9. The molecule has 0 aliphatic carbocycles. The van der Waals surface area contributed by atoms with Crippen molar-refractivity contribution in [2.24, 2.45) is 5.84 Å². The summed E-state index contributed by atoms with van der Waals surface area (Å²) in [6.07, 6.45) is 0.358. The zero-order valence-electron chi connectivity index (χ0n) is 14.2. The number of rotatable bonds is 5. The molecular formula is C17H19F3N4O2. The molecule has 140 valence electrons. The van der Waals surface area contributed by atoms with Crippen LogP contribution in [0, 0.1) is 0 Å². The van der Waals surface area contributed by atoms with Gasteiger partial charge in [0.25, 0.3) is 0 Å². The van der Waals surface area contributed by atoms with Gasteiger partial charge in [0.15, 0.2) is 0 Å². The Morgan fingerprint density at radius 3 is 2.46 bits per heavy atom. The lowest BCUT2D eigenvalue weighted by Gasteiger charge is -2.10. The zero-order chi connectivity index (χ0) is 19.6. The SMILES string of the molecule is CNc1cccc(OC)c1/C=C/c1cc(C(F)(F)F)ccn1.NNC=O. The molecule has 0 aliphatic rings. The first-order valence-electron chi connectivity index (χ1n) is 7.33. The van der Waals surface area contributed by atoms with E-state index >= 15 is 0 Å². The standard InChI is InChI=1S/C16H15F3N2O.CH4N2O/c1-20-14-4-3-5-15(22-2)13(14)7-6-12-10-11(8-9-21-12)16(17,18)19;2-3-1-4/h3-10,20H,1-2H3;1H,2H2,(H,3,4)/b7-6+;. The van der Waals surface area contributed by atoms with Gasteiger partial charge in [0.05, 0.1) is 18.4 Å². The van der Waals surface area contributed by atoms with Crippen molar-refractivity contribution in [3.05, 3.63) is 53.3 Å². The number of alkyl halides is 3. The van der Waals surface area contributed by atoms with Crippen molar-refractivity contribution in [2.45, 2.75) is 6.18 Å². The first-order valence-corrected chi connectivity index (χ1v) is 7.33. The molecule has 1 aromatic carbocycles. The summed E-state index contributed by atoms with van der Waals surface area (Å²) in [6.45, 7) is 0. The van der Waals surface area contributed by atoms with Crippen LogP contribution in [0.2, 0.25) is 0 Å². The van der Waals surface area contributed by atoms with Crippen LogP contribution in [-0.4, -0.2) is 25.6 Å². The van der Waals surface area contributed by atoms with E-state index in [-0.39, 0.29) is 5.69 Å². The van der Waals surface area contributed by atoms with Gasteiger partial charge in [0.1, 0.15) is 5.75 Å². The zero-order valence-corrected chi connectivity index (χ0v) is 14.2. The number of anilines is 1. The predicted octanol–water partition coefficient (Wildman–Crippen LogP) is 2.93. The molecule has 0 saturated heterocycles. The van der Waals surface area contributed by atoms with Crippen LogP contribution in [0.1, 0.15) is 16.8 Å². The van der Waals surface area contributed by atoms with Crippen LogP contribution in [0.5, 0.6) is 5.75 Å². The van der Waals surface area contributed by atoms with Crippen LogP contribution >= 0.6 is 0 Å². The lowest BCUT2D eigenvalue weighted by molar-refractivity contribution is -0.137. The number of carbonyl (C=O) groups is 1. The molecule has 1 aromatic heterocycles. The van der Waals surface area contributed by atoms with Gasteiger partial charge in [0, 0.05) is 24.5 Å². The number of hydrogen-bond acceptors (Lipinski definition) is 5. The number of pyridine rings is 1. The van der Waals surface area contributed by atoms with Crippen LogP contribution in [0.15, 0.2) is 36.5 Å². The highest BCUT2D eigenvalue weighted by atomic mass is 19.4. The van der Waals surface area contributed by atoms with E-state index in [1.165, 1.54) is 13.2 Å². The lowest BCUT2D eigenvalue weighted by Crippen LogP contribution is -2.18. The number of hydrazine groups is 1. The molecule has 4 N–H and O–H groups in total. The average Bonchev–Trinajstić information content (AvgIpc) is 2.65. The van der Waals surface area contributed by atoms with Crippen molar-refractivity contribution in [1.82, 2.24) is 10.4 Å². The smallest absolute Gasteiger partial charge is 0.416 e. The summed E-state index contributed by atoms with van der Waals surface area (Å²) in [5.74, 6) is 5.03. The molecule has 0 saturated carbocycles. The summed E-state index contributed by atoms with van der Waals surface area (Å²) in [5.41, 5.74) is 2.80. The van der Waals surface area contributed by atoms with E-state index in [0.717, 1.165) is 29.6 Å². The second kappa shape index (κ2) is 10.0. The first-order chi connectivity index (χ1) is 12.4. The predicted molar refractivity (Wildman–Crippen MR) is 94.1 cm³/mol. The number of nitrogens with zero attached hydrogens (tertiary/aromatic N) is 1. The van der Waals surface area contributed by atoms with E-state index in [1.54, 1.807) is 24.6 Å². The maximum atomic E-state index is 12.7. The van der Waals surface area contributed by atoms with Gasteiger partial charge >= 0.3 is 6.18 Å². The summed E-state index contributed by atoms with van der Waals surface area (Å²) in [5, 5.41) is 3.01. The van der Waals surface area contributed by atoms with Crippen molar-refractivity contribution in [3.63, 3.8) is 0 Å². The molecule has 0 radical (unpaired) electrons. The second-order valence-electron chi connectivity index (χ2n) is 4.76. The first kappa shape index (κ1) is 21.0. The molecule has 6 nitrogen and oxygen atoms in total. The summed E-state index contributed by atoms with van der Waals surface area (Å²) < 4.78 is 43.3. The van der Waals surface area contributed by atoms with Gasteiger partial charge < -0.3 is 10.1 Å². The second-order valence-corrected chi connectivity index (χ2v) is 4.76.